The quantitative estimate of drug-likeness (QED) is 0.137. The number of rotatable bonds is 9. The van der Waals surface area contributed by atoms with Gasteiger partial charge in [-0.2, -0.15) is 17.5 Å². The first kappa shape index (κ1) is 61.0. The monoisotopic (exact) mass is 1180 g/mol. The highest BCUT2D eigenvalue weighted by Crippen LogP contribution is 2.33. The molecule has 3 heterocycles. The highest BCUT2D eigenvalue weighted by Gasteiger charge is 2.38. The van der Waals surface area contributed by atoms with E-state index in [-0.39, 0.29) is 38.2 Å². The third-order valence-electron chi connectivity index (χ3n) is 11.3. The second kappa shape index (κ2) is 27.0. The van der Waals surface area contributed by atoms with Crippen LogP contribution in [0.5, 0.6) is 0 Å². The van der Waals surface area contributed by atoms with E-state index in [2.05, 4.69) is 28.2 Å². The summed E-state index contributed by atoms with van der Waals surface area (Å²) in [7, 11) is 4.47. The summed E-state index contributed by atoms with van der Waals surface area (Å²) in [6.07, 6.45) is 8.08. The fourth-order valence-corrected chi connectivity index (χ4v) is 11.3. The highest BCUT2D eigenvalue weighted by molar-refractivity contribution is 8.13. The van der Waals surface area contributed by atoms with Gasteiger partial charge in [0.25, 0.3) is 20.9 Å². The maximum Gasteiger partial charge on any atom is 0.490 e. The number of amides is 2. The first-order valence-corrected chi connectivity index (χ1v) is 28.0. The lowest BCUT2D eigenvalue weighted by molar-refractivity contribution is -0.192. The van der Waals surface area contributed by atoms with Crippen LogP contribution in [0.15, 0.2) is 144 Å². The third-order valence-corrected chi connectivity index (χ3v) is 16.1. The molecule has 0 bridgehead atoms. The number of carbonyl (C=O) groups excluding carboxylic acids is 2. The molecule has 2 aliphatic rings. The summed E-state index contributed by atoms with van der Waals surface area (Å²) >= 11 is 24.4. The third kappa shape index (κ3) is 16.6. The SMILES string of the molecule is CN(C)C(=O)c1ccc(-c2cc(C3=CCCCC3)ccn2)cc1Cl.CN(C)C(=O)c1ccc(-c2cc(C3=CCN(S(=O)(=O)c4ccccc4Cl)CC3)ccn2)cc1Cl.O=C(O)C(F)(F)F.O=S(=O)(Cl)c1ccccc1Cl. The second-order valence-corrected chi connectivity index (χ2v) is 23.1. The molecule has 0 spiro atoms. The number of aromatic nitrogens is 2. The molecule has 0 saturated carbocycles. The largest absolute Gasteiger partial charge is 0.490 e. The minimum Gasteiger partial charge on any atom is -0.475 e. The Balaban J connectivity index is 0.000000218. The molecule has 1 N–H and O–H groups in total. The number of allylic oxidation sites excluding steroid dienone is 2. The van der Waals surface area contributed by atoms with Gasteiger partial charge in [0.05, 0.1) is 42.6 Å². The van der Waals surface area contributed by atoms with Crippen molar-refractivity contribution in [2.45, 2.75) is 48.1 Å². The number of nitrogens with zero attached hydrogens (tertiary/aromatic N) is 5. The number of aliphatic carboxylic acids is 1. The van der Waals surface area contributed by atoms with Crippen LogP contribution in [-0.2, 0) is 23.9 Å². The molecule has 13 nitrogen and oxygen atoms in total. The zero-order chi connectivity index (χ0) is 56.1. The Morgan fingerprint density at radius 1 is 0.592 bits per heavy atom. The van der Waals surface area contributed by atoms with Crippen LogP contribution in [-0.4, -0.2) is 111 Å². The average Bonchev–Trinajstić information content (AvgIpc) is 3.39. The van der Waals surface area contributed by atoms with E-state index in [1.807, 2.05) is 42.6 Å². The van der Waals surface area contributed by atoms with E-state index >= 15 is 0 Å². The number of hydrogen-bond acceptors (Lipinski definition) is 9. The number of carbonyl (C=O) groups is 3. The molecule has 2 amide bonds. The summed E-state index contributed by atoms with van der Waals surface area (Å²) in [5, 5.41) is 8.30. The standard InChI is InChI=1S/C25H23Cl2N3O3S.C20H21ClN2O.C6H4Cl2O2S.C2HF3O2/c1-29(2)25(31)20-8-7-19(15-22(20)27)23-16-18(9-12-28-23)17-10-13-30(14-11-17)34(32,33)24-6-4-3-5-21(24)26;1-23(2)20(24)17-9-8-16(12-18(17)21)19-13-15(10-11-22-19)14-6-4-3-5-7-14;7-5-3-1-2-4-6(5)11(8,9)10;3-2(4,5)1(6)7/h3-10,12,15-16H,11,13-14H2,1-2H3;6,8-13H,3-5,7H2,1-2H3;1-4H;(H,6,7). The Morgan fingerprint density at radius 3 is 1.39 bits per heavy atom. The van der Waals surface area contributed by atoms with Crippen molar-refractivity contribution in [3.05, 3.63) is 176 Å². The predicted octanol–water partition coefficient (Wildman–Crippen LogP) is 13.2. The van der Waals surface area contributed by atoms with Crippen molar-refractivity contribution in [1.29, 1.82) is 0 Å². The van der Waals surface area contributed by atoms with Gasteiger partial charge in [0.15, 0.2) is 0 Å². The van der Waals surface area contributed by atoms with Crippen LogP contribution in [0.2, 0.25) is 20.1 Å². The van der Waals surface area contributed by atoms with E-state index in [9.17, 15) is 39.6 Å². The molecule has 0 saturated heterocycles. The van der Waals surface area contributed by atoms with Gasteiger partial charge in [0.2, 0.25) is 10.0 Å². The van der Waals surface area contributed by atoms with Crippen LogP contribution in [0.3, 0.4) is 0 Å². The fraction of sp³-hybridized carbons (Fsp3) is 0.226. The molecule has 0 radical (unpaired) electrons. The molecule has 8 rings (SSSR count). The van der Waals surface area contributed by atoms with Crippen molar-refractivity contribution >= 4 is 105 Å². The highest BCUT2D eigenvalue weighted by atomic mass is 35.7. The molecule has 0 unspecified atom stereocenters. The number of carboxylic acids is 1. The number of benzene rings is 4. The van der Waals surface area contributed by atoms with Gasteiger partial charge in [-0.25, -0.2) is 21.6 Å². The molecule has 23 heteroatoms. The lowest BCUT2D eigenvalue weighted by Gasteiger charge is -2.26. The summed E-state index contributed by atoms with van der Waals surface area (Å²) in [5.41, 5.74) is 8.89. The van der Waals surface area contributed by atoms with Gasteiger partial charge < -0.3 is 14.9 Å². The fourth-order valence-electron chi connectivity index (χ4n) is 7.42. The van der Waals surface area contributed by atoms with E-state index < -0.39 is 31.2 Å². The molecule has 4 aromatic carbocycles. The topological polar surface area (TPSA) is 175 Å². The van der Waals surface area contributed by atoms with Crippen LogP contribution in [0.25, 0.3) is 33.7 Å². The normalized spacial score (nSPS) is 13.7. The van der Waals surface area contributed by atoms with E-state index in [0.29, 0.717) is 34.1 Å². The molecule has 1 aliphatic heterocycles. The number of halogens is 8. The van der Waals surface area contributed by atoms with Gasteiger partial charge in [-0.05, 0) is 127 Å². The Morgan fingerprint density at radius 2 is 1.04 bits per heavy atom. The number of pyridine rings is 2. The maximum absolute atomic E-state index is 13.0. The van der Waals surface area contributed by atoms with Crippen LogP contribution >= 0.6 is 57.1 Å². The average molecular weight is 1180 g/mol. The first-order valence-electron chi connectivity index (χ1n) is 22.8. The molecular formula is C53H49Cl5F3N5O8S2. The van der Waals surface area contributed by atoms with E-state index in [1.165, 1.54) is 56.3 Å². The van der Waals surface area contributed by atoms with Crippen LogP contribution in [0, 0.1) is 0 Å². The molecule has 2 aromatic heterocycles. The van der Waals surface area contributed by atoms with Gasteiger partial charge in [0, 0.05) is 75.5 Å². The lowest BCUT2D eigenvalue weighted by atomic mass is 9.93. The summed E-state index contributed by atoms with van der Waals surface area (Å²) in [6.45, 7) is 0.609. The smallest absolute Gasteiger partial charge is 0.475 e. The Kier molecular flexibility index (Phi) is 21.7. The van der Waals surface area contributed by atoms with Gasteiger partial charge in [-0.1, -0.05) is 95.0 Å². The van der Waals surface area contributed by atoms with E-state index in [4.69, 9.17) is 67.0 Å². The summed E-state index contributed by atoms with van der Waals surface area (Å²) in [6, 6.07) is 31.3. The van der Waals surface area contributed by atoms with E-state index in [1.54, 1.807) is 82.9 Å². The van der Waals surface area contributed by atoms with E-state index in [0.717, 1.165) is 46.5 Å². The maximum atomic E-state index is 13.0. The van der Waals surface area contributed by atoms with Gasteiger partial charge in [-0.15, -0.1) is 0 Å². The molecule has 1 aliphatic carbocycles. The van der Waals surface area contributed by atoms with Crippen molar-refractivity contribution < 1.29 is 49.5 Å². The Bertz CT molecular complexity index is 3400. The van der Waals surface area contributed by atoms with Gasteiger partial charge in [-0.3, -0.25) is 19.6 Å². The molecular weight excluding hydrogens is 1130 g/mol. The summed E-state index contributed by atoms with van der Waals surface area (Å²) in [4.78, 5) is 45.2. The molecule has 76 heavy (non-hydrogen) atoms. The summed E-state index contributed by atoms with van der Waals surface area (Å²) in [5.74, 6) is -3.02. The number of sulfonamides is 1. The predicted molar refractivity (Wildman–Crippen MR) is 293 cm³/mol. The van der Waals surface area contributed by atoms with Crippen molar-refractivity contribution in [3.63, 3.8) is 0 Å². The lowest BCUT2D eigenvalue weighted by Crippen LogP contribution is -2.34. The second-order valence-electron chi connectivity index (χ2n) is 17.1. The van der Waals surface area contributed by atoms with Crippen LogP contribution in [0.1, 0.15) is 63.9 Å². The minimum atomic E-state index is -5.08. The van der Waals surface area contributed by atoms with Gasteiger partial charge in [0.1, 0.15) is 9.79 Å². The zero-order valence-electron chi connectivity index (χ0n) is 41.0. The molecule has 0 fully saturated rings. The van der Waals surface area contributed by atoms with Crippen molar-refractivity contribution in [2.75, 3.05) is 41.3 Å². The Hall–Kier alpha value is -5.83. The van der Waals surface area contributed by atoms with Gasteiger partial charge >= 0.3 is 12.1 Å². The summed E-state index contributed by atoms with van der Waals surface area (Å²) < 4.78 is 80.6. The molecule has 402 valence electrons. The first-order chi connectivity index (χ1) is 35.7. The number of carboxylic acid groups (broad SMARTS) is 1. The van der Waals surface area contributed by atoms with Crippen molar-refractivity contribution in [2.24, 2.45) is 0 Å². The zero-order valence-corrected chi connectivity index (χ0v) is 46.4. The molecule has 0 atom stereocenters. The van der Waals surface area contributed by atoms with Crippen LogP contribution < -0.4 is 0 Å². The van der Waals surface area contributed by atoms with Crippen molar-refractivity contribution in [3.8, 4) is 22.5 Å². The van der Waals surface area contributed by atoms with Crippen LogP contribution in [0.4, 0.5) is 13.2 Å². The Labute approximate surface area is 463 Å². The minimum absolute atomic E-state index is 0.0525. The van der Waals surface area contributed by atoms with Crippen molar-refractivity contribution in [1.82, 2.24) is 24.1 Å². The molecule has 6 aromatic rings. The number of hydrogen-bond donors (Lipinski definition) is 1. The number of alkyl halides is 3.